The smallest absolute Gasteiger partial charge is 0.409 e. The average molecular weight is 471 g/mol. The van der Waals surface area contributed by atoms with E-state index in [2.05, 4.69) is 23.3 Å². The summed E-state index contributed by atoms with van der Waals surface area (Å²) in [7, 11) is 1.40. The number of rotatable bonds is 5. The van der Waals surface area contributed by atoms with Gasteiger partial charge in [0.25, 0.3) is 0 Å². The topological polar surface area (TPSA) is 95.0 Å². The third kappa shape index (κ3) is 5.20. The van der Waals surface area contributed by atoms with E-state index in [4.69, 9.17) is 23.9 Å². The van der Waals surface area contributed by atoms with Crippen molar-refractivity contribution in [2.75, 3.05) is 38.7 Å². The molecule has 0 spiro atoms. The van der Waals surface area contributed by atoms with E-state index in [0.29, 0.717) is 44.2 Å². The second-order valence-corrected chi connectivity index (χ2v) is 9.61. The molecule has 3 fully saturated rings. The number of allylic oxidation sites excluding steroid dienone is 2. The van der Waals surface area contributed by atoms with Crippen LogP contribution < -0.4 is 10.1 Å². The zero-order valence-corrected chi connectivity index (χ0v) is 19.9. The monoisotopic (exact) mass is 470 g/mol. The molecule has 2 aliphatic heterocycles. The van der Waals surface area contributed by atoms with E-state index in [1.54, 1.807) is 4.90 Å². The Kier molecular flexibility index (Phi) is 7.01. The summed E-state index contributed by atoms with van der Waals surface area (Å²) in [6.45, 7) is 4.55. The molecule has 1 aromatic rings. The van der Waals surface area contributed by atoms with Gasteiger partial charge in [-0.3, -0.25) is 0 Å². The van der Waals surface area contributed by atoms with Crippen molar-refractivity contribution in [3.8, 4) is 5.88 Å². The van der Waals surface area contributed by atoms with Gasteiger partial charge < -0.3 is 29.2 Å². The predicted octanol–water partition coefficient (Wildman–Crippen LogP) is 3.42. The van der Waals surface area contributed by atoms with Crippen molar-refractivity contribution in [3.63, 3.8) is 0 Å². The number of hydrogen-bond donors (Lipinski definition) is 1. The lowest BCUT2D eigenvalue weighted by Crippen LogP contribution is -2.37. The Morgan fingerprint density at radius 2 is 1.94 bits per heavy atom. The molecule has 34 heavy (non-hydrogen) atoms. The minimum Gasteiger partial charge on any atom is -0.472 e. The molecule has 4 aliphatic rings. The zero-order chi connectivity index (χ0) is 23.5. The van der Waals surface area contributed by atoms with Crippen LogP contribution in [0.5, 0.6) is 5.88 Å². The van der Waals surface area contributed by atoms with Gasteiger partial charge in [0.15, 0.2) is 0 Å². The highest BCUT2D eigenvalue weighted by molar-refractivity contribution is 5.78. The van der Waals surface area contributed by atoms with Crippen LogP contribution in [-0.2, 0) is 14.2 Å². The first-order valence-corrected chi connectivity index (χ1v) is 12.4. The van der Waals surface area contributed by atoms with Crippen molar-refractivity contribution in [1.82, 2.24) is 14.9 Å². The number of anilines is 1. The number of likely N-dealkylation sites (tertiary alicyclic amines) is 1. The highest BCUT2D eigenvalue weighted by Crippen LogP contribution is 2.33. The molecule has 1 saturated carbocycles. The fraction of sp³-hybridized carbons (Fsp3) is 0.640. The highest BCUT2D eigenvalue weighted by atomic mass is 16.6. The standard InChI is InChI=1S/C25H34N4O5/c1-16-3-6-18(7-4-16)27-24-26-14-20(17-5-8-21-22(13-17)33-12-11-32-21)23(28-24)34-19-9-10-29(15-19)25(30)31-2/h5,8,13-14,16,18-19,21-22H,3-4,6-7,9-12,15H2,1-2H3,(H,26,27,28)/t16-,18-,19?,21?,22?. The summed E-state index contributed by atoms with van der Waals surface area (Å²) in [5, 5.41) is 3.51. The Morgan fingerprint density at radius 1 is 1.15 bits per heavy atom. The van der Waals surface area contributed by atoms with Crippen LogP contribution in [0.25, 0.3) is 5.57 Å². The van der Waals surface area contributed by atoms with Gasteiger partial charge in [0, 0.05) is 25.2 Å². The highest BCUT2D eigenvalue weighted by Gasteiger charge is 2.31. The molecule has 3 atom stereocenters. The molecule has 9 nitrogen and oxygen atoms in total. The van der Waals surface area contributed by atoms with Crippen LogP contribution in [0.15, 0.2) is 24.4 Å². The second kappa shape index (κ2) is 10.3. The van der Waals surface area contributed by atoms with Gasteiger partial charge in [-0.25, -0.2) is 9.78 Å². The molecule has 5 rings (SSSR count). The number of ether oxygens (including phenoxy) is 4. The number of carbonyl (C=O) groups is 1. The lowest BCUT2D eigenvalue weighted by Gasteiger charge is -2.31. The summed E-state index contributed by atoms with van der Waals surface area (Å²) < 4.78 is 22.9. The van der Waals surface area contributed by atoms with Crippen LogP contribution in [0.4, 0.5) is 10.7 Å². The van der Waals surface area contributed by atoms with Gasteiger partial charge in [0.1, 0.15) is 18.3 Å². The van der Waals surface area contributed by atoms with Crippen LogP contribution in [-0.4, -0.2) is 78.7 Å². The van der Waals surface area contributed by atoms with Crippen LogP contribution in [0, 0.1) is 5.92 Å². The van der Waals surface area contributed by atoms with E-state index in [0.717, 1.165) is 36.3 Å². The summed E-state index contributed by atoms with van der Waals surface area (Å²) in [5.74, 6) is 1.88. The average Bonchev–Trinajstić information content (AvgIpc) is 3.33. The largest absolute Gasteiger partial charge is 0.472 e. The van der Waals surface area contributed by atoms with Crippen molar-refractivity contribution in [2.45, 2.75) is 63.4 Å². The molecular formula is C25H34N4O5. The maximum atomic E-state index is 11.9. The minimum atomic E-state index is -0.332. The Balaban J connectivity index is 1.37. The predicted molar refractivity (Wildman–Crippen MR) is 127 cm³/mol. The number of hydrogen-bond acceptors (Lipinski definition) is 8. The summed E-state index contributed by atoms with van der Waals surface area (Å²) in [5.41, 5.74) is 1.76. The molecule has 9 heteroatoms. The quantitative estimate of drug-likeness (QED) is 0.700. The van der Waals surface area contributed by atoms with E-state index in [9.17, 15) is 4.79 Å². The Labute approximate surface area is 200 Å². The SMILES string of the molecule is COC(=O)N1CCC(Oc2nc(N[C@H]3CC[C@H](C)CC3)ncc2C2=CC3OCCOC3C=C2)C1. The molecule has 0 bridgehead atoms. The van der Waals surface area contributed by atoms with Gasteiger partial charge in [-0.15, -0.1) is 0 Å². The van der Waals surface area contributed by atoms with Gasteiger partial charge in [0.05, 0.1) is 32.4 Å². The van der Waals surface area contributed by atoms with Crippen LogP contribution >= 0.6 is 0 Å². The number of fused-ring (bicyclic) bond motifs is 1. The fourth-order valence-corrected chi connectivity index (χ4v) is 5.06. The third-order valence-corrected chi connectivity index (χ3v) is 7.11. The maximum Gasteiger partial charge on any atom is 0.409 e. The Hall–Kier alpha value is -2.65. The summed E-state index contributed by atoms with van der Waals surface area (Å²) in [4.78, 5) is 23.0. The minimum absolute atomic E-state index is 0.0686. The molecule has 0 aromatic carbocycles. The molecule has 3 unspecified atom stereocenters. The number of aromatic nitrogens is 2. The van der Waals surface area contributed by atoms with Gasteiger partial charge in [0.2, 0.25) is 11.8 Å². The number of carbonyl (C=O) groups excluding carboxylic acids is 1. The lowest BCUT2D eigenvalue weighted by molar-refractivity contribution is -0.101. The summed E-state index contributed by atoms with van der Waals surface area (Å²) in [6, 6.07) is 0.374. The van der Waals surface area contributed by atoms with Crippen molar-refractivity contribution in [2.24, 2.45) is 5.92 Å². The molecule has 2 aliphatic carbocycles. The van der Waals surface area contributed by atoms with Crippen molar-refractivity contribution in [3.05, 3.63) is 30.0 Å². The van der Waals surface area contributed by atoms with Gasteiger partial charge >= 0.3 is 6.09 Å². The first kappa shape index (κ1) is 23.1. The fourth-order valence-electron chi connectivity index (χ4n) is 5.06. The van der Waals surface area contributed by atoms with Gasteiger partial charge in [-0.2, -0.15) is 4.98 Å². The van der Waals surface area contributed by atoms with Crippen molar-refractivity contribution >= 4 is 17.6 Å². The Morgan fingerprint density at radius 3 is 2.74 bits per heavy atom. The summed E-state index contributed by atoms with van der Waals surface area (Å²) in [6.07, 6.45) is 12.6. The normalized spacial score (nSPS) is 30.9. The van der Waals surface area contributed by atoms with Gasteiger partial charge in [-0.05, 0) is 43.3 Å². The molecule has 0 radical (unpaired) electrons. The third-order valence-electron chi connectivity index (χ3n) is 7.11. The van der Waals surface area contributed by atoms with Crippen LogP contribution in [0.2, 0.25) is 0 Å². The Bertz CT molecular complexity index is 943. The van der Waals surface area contributed by atoms with Crippen LogP contribution in [0.3, 0.4) is 0 Å². The number of methoxy groups -OCH3 is 1. The number of nitrogens with one attached hydrogen (secondary N) is 1. The van der Waals surface area contributed by atoms with Crippen molar-refractivity contribution < 1.29 is 23.7 Å². The van der Waals surface area contributed by atoms with Gasteiger partial charge in [-0.1, -0.05) is 19.1 Å². The van der Waals surface area contributed by atoms with E-state index < -0.39 is 0 Å². The number of nitrogens with zero attached hydrogens (tertiary/aromatic N) is 3. The molecule has 184 valence electrons. The number of amides is 1. The first-order valence-electron chi connectivity index (χ1n) is 12.4. The van der Waals surface area contributed by atoms with E-state index in [-0.39, 0.29) is 24.4 Å². The molecule has 1 aromatic heterocycles. The molecular weight excluding hydrogens is 436 g/mol. The molecule has 1 amide bonds. The van der Waals surface area contributed by atoms with E-state index in [1.807, 2.05) is 18.3 Å². The van der Waals surface area contributed by atoms with E-state index >= 15 is 0 Å². The maximum absolute atomic E-state index is 11.9. The zero-order valence-electron chi connectivity index (χ0n) is 19.9. The molecule has 3 heterocycles. The van der Waals surface area contributed by atoms with E-state index in [1.165, 1.54) is 20.0 Å². The van der Waals surface area contributed by atoms with Crippen LogP contribution in [0.1, 0.15) is 44.6 Å². The molecule has 1 N–H and O–H groups in total. The first-order chi connectivity index (χ1) is 16.6. The molecule has 2 saturated heterocycles. The summed E-state index contributed by atoms with van der Waals surface area (Å²) >= 11 is 0. The van der Waals surface area contributed by atoms with Crippen molar-refractivity contribution in [1.29, 1.82) is 0 Å². The lowest BCUT2D eigenvalue weighted by atomic mass is 9.87. The second-order valence-electron chi connectivity index (χ2n) is 9.61.